The van der Waals surface area contributed by atoms with Gasteiger partial charge in [0.15, 0.2) is 0 Å². The Labute approximate surface area is 136 Å². The van der Waals surface area contributed by atoms with Gasteiger partial charge in [-0.2, -0.15) is 0 Å². The molecule has 0 aromatic rings. The van der Waals surface area contributed by atoms with Crippen molar-refractivity contribution >= 4 is 0 Å². The maximum Gasteiger partial charge on any atom is -1.00 e. The molecular weight excluding hydrogens is 310 g/mol. The van der Waals surface area contributed by atoms with Gasteiger partial charge in [0.25, 0.3) is 0 Å². The second kappa shape index (κ2) is 8.28. The smallest absolute Gasteiger partial charge is 1.00 e. The van der Waals surface area contributed by atoms with Gasteiger partial charge >= 0.3 is 99.3 Å². The summed E-state index contributed by atoms with van der Waals surface area (Å²) in [5.41, 5.74) is 6.87. The van der Waals surface area contributed by atoms with Crippen molar-refractivity contribution in [2.24, 2.45) is 5.92 Å². The van der Waals surface area contributed by atoms with Crippen molar-refractivity contribution in [3.05, 3.63) is 22.3 Å². The second-order valence-electron chi connectivity index (χ2n) is 4.61. The Morgan fingerprint density at radius 3 is 2.29 bits per heavy atom. The fourth-order valence-corrected chi connectivity index (χ4v) is 4.18. The van der Waals surface area contributed by atoms with E-state index < -0.39 is 0 Å². The molecule has 2 rings (SSSR count). The number of rotatable bonds is 1. The average molecular weight is 330 g/mol. The summed E-state index contributed by atoms with van der Waals surface area (Å²) < 4.78 is 0.824. The van der Waals surface area contributed by atoms with E-state index in [1.165, 1.54) is 25.7 Å². The van der Waals surface area contributed by atoms with Crippen LogP contribution in [0.15, 0.2) is 22.3 Å². The van der Waals surface area contributed by atoms with Gasteiger partial charge in [-0.15, -0.1) is 0 Å². The molecule has 4 heteroatoms. The van der Waals surface area contributed by atoms with E-state index in [1.54, 1.807) is 22.3 Å². The van der Waals surface area contributed by atoms with Crippen molar-refractivity contribution in [1.29, 1.82) is 0 Å². The summed E-state index contributed by atoms with van der Waals surface area (Å²) in [5.74, 6) is 0.762. The first-order chi connectivity index (χ1) is 6.66. The van der Waals surface area contributed by atoms with Crippen LogP contribution in [0.2, 0.25) is 4.22 Å². The molecule has 96 valence electrons. The van der Waals surface area contributed by atoms with Gasteiger partial charge in [-0.3, -0.25) is 0 Å². The largest absolute Gasteiger partial charge is 1.00 e. The fourth-order valence-electron chi connectivity index (χ4n) is 3.23. The van der Waals surface area contributed by atoms with Crippen LogP contribution < -0.4 is 37.2 Å². The van der Waals surface area contributed by atoms with Gasteiger partial charge in [-0.1, -0.05) is 0 Å². The molecule has 0 spiro atoms. The molecular formula is C13H19Cl3Ti. The number of hydrogen-bond acceptors (Lipinski definition) is 0. The summed E-state index contributed by atoms with van der Waals surface area (Å²) >= 11 is 2.41. The van der Waals surface area contributed by atoms with E-state index in [1.807, 2.05) is 0 Å². The molecule has 2 aliphatic carbocycles. The van der Waals surface area contributed by atoms with Crippen molar-refractivity contribution < 1.29 is 57.7 Å². The summed E-state index contributed by atoms with van der Waals surface area (Å²) in [6.07, 6.45) is 5.42. The first kappa shape index (κ1) is 20.4. The van der Waals surface area contributed by atoms with E-state index in [2.05, 4.69) is 41.2 Å². The van der Waals surface area contributed by atoms with Crippen LogP contribution >= 0.6 is 0 Å². The zero-order valence-electron chi connectivity index (χ0n) is 10.6. The van der Waals surface area contributed by atoms with Gasteiger partial charge in [0.05, 0.1) is 0 Å². The Morgan fingerprint density at radius 1 is 1.24 bits per heavy atom. The Hall–Kier alpha value is 1.06. The van der Waals surface area contributed by atoms with Crippen LogP contribution in [0.5, 0.6) is 0 Å². The van der Waals surface area contributed by atoms with Crippen LogP contribution in [0.4, 0.5) is 0 Å². The van der Waals surface area contributed by atoms with Crippen molar-refractivity contribution in [1.82, 2.24) is 0 Å². The Morgan fingerprint density at radius 2 is 1.82 bits per heavy atom. The summed E-state index contributed by atoms with van der Waals surface area (Å²) in [6.45, 7) is 7.06. The minimum Gasteiger partial charge on any atom is -1.00 e. The summed E-state index contributed by atoms with van der Waals surface area (Å²) in [4.78, 5) is 0. The third-order valence-electron chi connectivity index (χ3n) is 3.95. The minimum absolute atomic E-state index is 0. The summed E-state index contributed by atoms with van der Waals surface area (Å²) in [7, 11) is 0. The Balaban J connectivity index is 0. The first-order valence-electron chi connectivity index (χ1n) is 5.80. The molecule has 0 amide bonds. The monoisotopic (exact) mass is 328 g/mol. The summed E-state index contributed by atoms with van der Waals surface area (Å²) in [6, 6.07) is 0. The normalized spacial score (nSPS) is 26.9. The fraction of sp³-hybridized carbons (Fsp3) is 0.692. The minimum atomic E-state index is 0. The molecule has 17 heavy (non-hydrogen) atoms. The maximum atomic E-state index is 2.41. The molecule has 2 aliphatic rings. The van der Waals surface area contributed by atoms with Crippen LogP contribution in [0.25, 0.3) is 0 Å². The molecule has 0 aromatic carbocycles. The van der Waals surface area contributed by atoms with Crippen LogP contribution in [0.3, 0.4) is 0 Å². The molecule has 2 atom stereocenters. The molecule has 0 saturated carbocycles. The molecule has 0 bridgehead atoms. The van der Waals surface area contributed by atoms with Crippen molar-refractivity contribution in [3.8, 4) is 0 Å². The van der Waals surface area contributed by atoms with E-state index in [4.69, 9.17) is 0 Å². The van der Waals surface area contributed by atoms with Crippen LogP contribution in [-0.4, -0.2) is 0 Å². The third kappa shape index (κ3) is 3.54. The van der Waals surface area contributed by atoms with Crippen LogP contribution in [-0.2, 0) is 20.4 Å². The quantitative estimate of drug-likeness (QED) is 0.424. The number of allylic oxidation sites excluding steroid dienone is 4. The van der Waals surface area contributed by atoms with E-state index in [0.29, 0.717) is 0 Å². The van der Waals surface area contributed by atoms with Crippen molar-refractivity contribution in [2.75, 3.05) is 0 Å². The molecule has 0 aliphatic heterocycles. The van der Waals surface area contributed by atoms with Crippen molar-refractivity contribution in [2.45, 2.75) is 50.7 Å². The third-order valence-corrected chi connectivity index (χ3v) is 4.85. The molecule has 0 aromatic heterocycles. The summed E-state index contributed by atoms with van der Waals surface area (Å²) in [5, 5.41) is 0. The molecule has 0 radical (unpaired) electrons. The van der Waals surface area contributed by atoms with Crippen LogP contribution in [0.1, 0.15) is 46.5 Å². The predicted molar refractivity (Wildman–Crippen MR) is 56.8 cm³/mol. The molecule has 0 N–H and O–H groups in total. The molecule has 2 unspecified atom stereocenters. The number of halogens is 3. The molecule has 0 nitrogen and oxygen atoms in total. The van der Waals surface area contributed by atoms with Gasteiger partial charge in [0.1, 0.15) is 0 Å². The van der Waals surface area contributed by atoms with Gasteiger partial charge in [-0.25, -0.2) is 0 Å². The van der Waals surface area contributed by atoms with Gasteiger partial charge < -0.3 is 37.2 Å². The Bertz CT molecular complexity index is 321. The predicted octanol–water partition coefficient (Wildman–Crippen LogP) is -4.81. The van der Waals surface area contributed by atoms with E-state index in [-0.39, 0.29) is 37.2 Å². The average Bonchev–Trinajstić information content (AvgIpc) is 2.41. The van der Waals surface area contributed by atoms with Gasteiger partial charge in [0, 0.05) is 0 Å². The van der Waals surface area contributed by atoms with Gasteiger partial charge in [0.2, 0.25) is 0 Å². The zero-order chi connectivity index (χ0) is 10.3. The van der Waals surface area contributed by atoms with Gasteiger partial charge in [-0.05, 0) is 0 Å². The molecule has 0 fully saturated rings. The standard InChI is InChI=1S/C13H19.3ClH.Ti/c1-4-11-9(2)12-7-5-6-8-13(12)10(11)3;;;;/h7,10H,4-6,8H2,1-3H3;3*1H;/q;;;;+3/p-3. The SMILES string of the molecule is CCC1=C(C)C2=C(CCC[CH]2[Ti+3])C1C.[Cl-].[Cl-].[Cl-]. The maximum absolute atomic E-state index is 2.41. The first-order valence-corrected chi connectivity index (χ1v) is 6.71. The van der Waals surface area contributed by atoms with E-state index in [9.17, 15) is 0 Å². The topological polar surface area (TPSA) is 0 Å². The van der Waals surface area contributed by atoms with Crippen molar-refractivity contribution in [3.63, 3.8) is 0 Å². The van der Waals surface area contributed by atoms with E-state index >= 15 is 0 Å². The Kier molecular flexibility index (Phi) is 9.93. The second-order valence-corrected chi connectivity index (χ2v) is 5.70. The molecule has 0 saturated heterocycles. The molecule has 0 heterocycles. The number of hydrogen-bond donors (Lipinski definition) is 0. The zero-order valence-corrected chi connectivity index (χ0v) is 14.4. The van der Waals surface area contributed by atoms with Crippen LogP contribution in [0, 0.1) is 5.92 Å². The van der Waals surface area contributed by atoms with E-state index in [0.717, 1.165) is 10.1 Å².